The summed E-state index contributed by atoms with van der Waals surface area (Å²) in [6.07, 6.45) is 5.11. The summed E-state index contributed by atoms with van der Waals surface area (Å²) in [5.41, 5.74) is 1.97. The zero-order valence-corrected chi connectivity index (χ0v) is 17.7. The van der Waals surface area contributed by atoms with Gasteiger partial charge in [0, 0.05) is 30.7 Å². The van der Waals surface area contributed by atoms with Gasteiger partial charge in [-0.3, -0.25) is 14.5 Å². The predicted molar refractivity (Wildman–Crippen MR) is 116 cm³/mol. The molecule has 1 fully saturated rings. The topological polar surface area (TPSA) is 90.1 Å². The van der Waals surface area contributed by atoms with Crippen LogP contribution in [0.5, 0.6) is 0 Å². The number of hydrogen-bond donors (Lipinski definition) is 3. The Hall–Kier alpha value is -3.33. The number of aromatic amines is 1. The van der Waals surface area contributed by atoms with Crippen molar-refractivity contribution in [3.8, 4) is 0 Å². The van der Waals surface area contributed by atoms with Gasteiger partial charge in [0.05, 0.1) is 6.04 Å². The van der Waals surface area contributed by atoms with E-state index in [2.05, 4.69) is 20.6 Å². The summed E-state index contributed by atoms with van der Waals surface area (Å²) in [5, 5.41) is 6.55. The number of hydrogen-bond acceptors (Lipinski definition) is 4. The van der Waals surface area contributed by atoms with E-state index in [0.29, 0.717) is 12.0 Å². The molecule has 0 radical (unpaired) electrons. The lowest BCUT2D eigenvalue weighted by atomic mass is 10.0. The highest BCUT2D eigenvalue weighted by Gasteiger charge is 2.31. The van der Waals surface area contributed by atoms with E-state index in [1.165, 1.54) is 6.07 Å². The van der Waals surface area contributed by atoms with Crippen LogP contribution in [0.25, 0.3) is 11.0 Å². The van der Waals surface area contributed by atoms with Gasteiger partial charge >= 0.3 is 0 Å². The zero-order chi connectivity index (χ0) is 22.7. The number of pyridine rings is 1. The molecule has 9 heteroatoms. The van der Waals surface area contributed by atoms with Crippen molar-refractivity contribution in [2.24, 2.45) is 0 Å². The summed E-state index contributed by atoms with van der Waals surface area (Å²) in [6.45, 7) is 1.03. The van der Waals surface area contributed by atoms with Gasteiger partial charge in [-0.1, -0.05) is 6.07 Å². The van der Waals surface area contributed by atoms with E-state index >= 15 is 0 Å². The number of carbonyl (C=O) groups excluding carboxylic acids is 2. The summed E-state index contributed by atoms with van der Waals surface area (Å²) < 4.78 is 27.0. The maximum absolute atomic E-state index is 13.7. The van der Waals surface area contributed by atoms with E-state index in [1.54, 1.807) is 12.4 Å². The summed E-state index contributed by atoms with van der Waals surface area (Å²) in [4.78, 5) is 35.0. The van der Waals surface area contributed by atoms with Crippen LogP contribution in [0.3, 0.4) is 0 Å². The maximum atomic E-state index is 13.7. The Morgan fingerprint density at radius 1 is 1.22 bits per heavy atom. The molecule has 2 amide bonds. The molecular weight excluding hydrogens is 416 g/mol. The molecule has 3 heterocycles. The molecule has 0 aliphatic carbocycles. The number of nitrogens with zero attached hydrogens (tertiary/aromatic N) is 2. The Bertz CT molecular complexity index is 1130. The second kappa shape index (κ2) is 9.44. The number of fused-ring (bicyclic) bond motifs is 1. The Morgan fingerprint density at radius 3 is 2.81 bits per heavy atom. The lowest BCUT2D eigenvalue weighted by Gasteiger charge is -2.24. The van der Waals surface area contributed by atoms with Crippen molar-refractivity contribution in [3.05, 3.63) is 65.5 Å². The Morgan fingerprint density at radius 2 is 2.06 bits per heavy atom. The number of likely N-dealkylation sites (tertiary alicyclic amines) is 1. The molecule has 0 saturated carbocycles. The Balaban J connectivity index is 1.47. The molecule has 7 nitrogen and oxygen atoms in total. The van der Waals surface area contributed by atoms with E-state index in [0.717, 1.165) is 41.7 Å². The van der Waals surface area contributed by atoms with Crippen molar-refractivity contribution in [2.75, 3.05) is 13.6 Å². The van der Waals surface area contributed by atoms with Gasteiger partial charge in [-0.05, 0) is 61.8 Å². The van der Waals surface area contributed by atoms with Gasteiger partial charge < -0.3 is 15.6 Å². The molecule has 1 saturated heterocycles. The van der Waals surface area contributed by atoms with E-state index in [1.807, 2.05) is 24.1 Å². The highest BCUT2D eigenvalue weighted by molar-refractivity contribution is 5.90. The molecule has 4 rings (SSSR count). The highest BCUT2D eigenvalue weighted by Crippen LogP contribution is 2.16. The molecule has 168 valence electrons. The van der Waals surface area contributed by atoms with Crippen LogP contribution in [-0.4, -0.2) is 52.4 Å². The van der Waals surface area contributed by atoms with Gasteiger partial charge in [0.25, 0.3) is 0 Å². The van der Waals surface area contributed by atoms with Crippen LogP contribution in [0.4, 0.5) is 8.78 Å². The number of amides is 2. The van der Waals surface area contributed by atoms with Crippen LogP contribution < -0.4 is 10.6 Å². The fraction of sp³-hybridized carbons (Fsp3) is 0.348. The van der Waals surface area contributed by atoms with Crippen LogP contribution >= 0.6 is 0 Å². The fourth-order valence-electron chi connectivity index (χ4n) is 4.02. The molecule has 32 heavy (non-hydrogen) atoms. The first-order chi connectivity index (χ1) is 15.4. The molecule has 0 bridgehead atoms. The minimum Gasteiger partial charge on any atom is -0.350 e. The third kappa shape index (κ3) is 4.94. The van der Waals surface area contributed by atoms with E-state index in [9.17, 15) is 18.4 Å². The molecule has 1 aliphatic rings. The molecule has 0 spiro atoms. The standard InChI is InChI=1S/C23H25F2N5O2/c1-30-8-2-3-20(30)23(32)29-19(11-14-4-5-17(24)18(25)10-14)22(31)28-13-15-9-16-6-7-26-21(16)27-12-15/h4-7,9-10,12,19-20H,2-3,8,11,13H2,1H3,(H,26,27)(H,28,31)(H,29,32)/t19-,20+/m0/s1. The van der Waals surface area contributed by atoms with Crippen LogP contribution in [0.1, 0.15) is 24.0 Å². The van der Waals surface area contributed by atoms with Crippen molar-refractivity contribution < 1.29 is 18.4 Å². The van der Waals surface area contributed by atoms with Crippen LogP contribution in [0.2, 0.25) is 0 Å². The van der Waals surface area contributed by atoms with E-state index in [4.69, 9.17) is 0 Å². The Labute approximate surface area is 184 Å². The summed E-state index contributed by atoms with van der Waals surface area (Å²) in [5.74, 6) is -2.60. The first-order valence-corrected chi connectivity index (χ1v) is 10.5. The zero-order valence-electron chi connectivity index (χ0n) is 17.7. The van der Waals surface area contributed by atoms with Crippen LogP contribution in [0.15, 0.2) is 42.7 Å². The monoisotopic (exact) mass is 441 g/mol. The molecule has 1 aromatic carbocycles. The number of halogens is 2. The smallest absolute Gasteiger partial charge is 0.243 e. The quantitative estimate of drug-likeness (QED) is 0.525. The summed E-state index contributed by atoms with van der Waals surface area (Å²) in [6, 6.07) is 6.04. The Kier molecular flexibility index (Phi) is 6.45. The predicted octanol–water partition coefficient (Wildman–Crippen LogP) is 2.28. The van der Waals surface area contributed by atoms with Gasteiger partial charge in [-0.15, -0.1) is 0 Å². The molecule has 1 aliphatic heterocycles. The number of benzene rings is 1. The maximum Gasteiger partial charge on any atom is 0.243 e. The third-order valence-corrected chi connectivity index (χ3v) is 5.80. The van der Waals surface area contributed by atoms with Crippen LogP contribution in [-0.2, 0) is 22.6 Å². The van der Waals surface area contributed by atoms with E-state index in [-0.39, 0.29) is 24.9 Å². The second-order valence-corrected chi connectivity index (χ2v) is 8.13. The molecule has 3 N–H and O–H groups in total. The largest absolute Gasteiger partial charge is 0.350 e. The number of H-pyrrole nitrogens is 1. The second-order valence-electron chi connectivity index (χ2n) is 8.13. The van der Waals surface area contributed by atoms with Crippen molar-refractivity contribution in [1.29, 1.82) is 0 Å². The average Bonchev–Trinajstić information content (AvgIpc) is 3.42. The van der Waals surface area contributed by atoms with Crippen LogP contribution in [0, 0.1) is 11.6 Å². The lowest BCUT2D eigenvalue weighted by Crippen LogP contribution is -2.52. The highest BCUT2D eigenvalue weighted by atomic mass is 19.2. The summed E-state index contributed by atoms with van der Waals surface area (Å²) in [7, 11) is 1.87. The normalized spacial score (nSPS) is 17.4. The van der Waals surface area contributed by atoms with Gasteiger partial charge in [-0.25, -0.2) is 13.8 Å². The average molecular weight is 441 g/mol. The summed E-state index contributed by atoms with van der Waals surface area (Å²) >= 11 is 0. The van der Waals surface area contributed by atoms with Crippen molar-refractivity contribution in [3.63, 3.8) is 0 Å². The SMILES string of the molecule is CN1CCC[C@@H]1C(=O)N[C@@H](Cc1ccc(F)c(F)c1)C(=O)NCc1cnc2[nH]ccc2c1. The van der Waals surface area contributed by atoms with Crippen molar-refractivity contribution >= 4 is 22.8 Å². The molecular formula is C23H25F2N5O2. The van der Waals surface area contributed by atoms with Crippen molar-refractivity contribution in [2.45, 2.75) is 37.9 Å². The number of aromatic nitrogens is 2. The minimum absolute atomic E-state index is 0.0420. The van der Waals surface area contributed by atoms with Gasteiger partial charge in [0.15, 0.2) is 11.6 Å². The number of likely N-dealkylation sites (N-methyl/N-ethyl adjacent to an activating group) is 1. The van der Waals surface area contributed by atoms with Gasteiger partial charge in [0.1, 0.15) is 11.7 Å². The first-order valence-electron chi connectivity index (χ1n) is 10.5. The van der Waals surface area contributed by atoms with Gasteiger partial charge in [-0.2, -0.15) is 0 Å². The molecule has 2 atom stereocenters. The minimum atomic E-state index is -0.991. The molecule has 0 unspecified atom stereocenters. The number of nitrogens with one attached hydrogen (secondary N) is 3. The lowest BCUT2D eigenvalue weighted by molar-refractivity contribution is -0.131. The third-order valence-electron chi connectivity index (χ3n) is 5.80. The fourth-order valence-corrected chi connectivity index (χ4v) is 4.02. The van der Waals surface area contributed by atoms with Gasteiger partial charge in [0.2, 0.25) is 11.8 Å². The van der Waals surface area contributed by atoms with Crippen molar-refractivity contribution in [1.82, 2.24) is 25.5 Å². The van der Waals surface area contributed by atoms with E-state index < -0.39 is 23.6 Å². The number of rotatable bonds is 7. The molecule has 3 aromatic rings. The number of carbonyl (C=O) groups is 2. The molecule has 2 aromatic heterocycles. The first kappa shape index (κ1) is 21.9.